The van der Waals surface area contributed by atoms with E-state index in [1.54, 1.807) is 0 Å². The van der Waals surface area contributed by atoms with E-state index >= 15 is 0 Å². The fraction of sp³-hybridized carbons (Fsp3) is 0. The molecule has 0 saturated carbocycles. The summed E-state index contributed by atoms with van der Waals surface area (Å²) in [5, 5.41) is 21.5. The third kappa shape index (κ3) is 1.14. The molecule has 0 spiro atoms. The fourth-order valence-corrected chi connectivity index (χ4v) is 0.864. The summed E-state index contributed by atoms with van der Waals surface area (Å²) in [5.41, 5.74) is -0.320. The highest BCUT2D eigenvalue weighted by molar-refractivity contribution is 5.37. The lowest BCUT2D eigenvalue weighted by molar-refractivity contribution is -0.730. The number of aromatic amines is 2. The molecule has 10 nitrogen and oxygen atoms in total. The Morgan fingerprint density at radius 2 is 2.43 bits per heavy atom. The van der Waals surface area contributed by atoms with Gasteiger partial charge in [0, 0.05) is 4.80 Å². The molecule has 2 aromatic heterocycles. The van der Waals surface area contributed by atoms with Gasteiger partial charge in [0.05, 0.1) is 4.92 Å². The van der Waals surface area contributed by atoms with Gasteiger partial charge in [0.2, 0.25) is 0 Å². The average Bonchev–Trinajstić information content (AvgIpc) is 2.70. The van der Waals surface area contributed by atoms with Crippen LogP contribution in [-0.4, -0.2) is 25.5 Å². The molecular formula is C4H3N6O4+. The maximum absolute atomic E-state index is 10.6. The minimum absolute atomic E-state index is 0.0825. The van der Waals surface area contributed by atoms with Crippen LogP contribution in [0.1, 0.15) is 0 Å². The van der Waals surface area contributed by atoms with Crippen molar-refractivity contribution < 1.29 is 14.2 Å². The molecule has 2 N–H and O–H groups in total. The van der Waals surface area contributed by atoms with Gasteiger partial charge in [-0.25, -0.2) is 4.79 Å². The summed E-state index contributed by atoms with van der Waals surface area (Å²) in [6, 6.07) is 0. The molecule has 0 aliphatic carbocycles. The Hall–Kier alpha value is -2.52. The second kappa shape index (κ2) is 2.76. The Kier molecular flexibility index (Phi) is 1.59. The van der Waals surface area contributed by atoms with Crippen molar-refractivity contribution in [2.24, 2.45) is 0 Å². The third-order valence-electron chi connectivity index (χ3n) is 1.41. The van der Waals surface area contributed by atoms with E-state index in [-0.39, 0.29) is 11.5 Å². The average molecular weight is 199 g/mol. The van der Waals surface area contributed by atoms with Crippen molar-refractivity contribution in [1.82, 2.24) is 20.6 Å². The first-order valence-electron chi connectivity index (χ1n) is 3.35. The van der Waals surface area contributed by atoms with Crippen LogP contribution in [0.3, 0.4) is 0 Å². The largest absolute Gasteiger partial charge is 0.473 e. The molecule has 0 atom stereocenters. The van der Waals surface area contributed by atoms with Crippen LogP contribution in [0, 0.1) is 10.1 Å². The highest BCUT2D eigenvalue weighted by Crippen LogP contribution is 2.12. The Balaban J connectivity index is 2.56. The van der Waals surface area contributed by atoms with E-state index in [0.29, 0.717) is 0 Å². The first kappa shape index (κ1) is 8.10. The topological polar surface area (TPSA) is 135 Å². The number of hydrogen-bond acceptors (Lipinski definition) is 6. The highest BCUT2D eigenvalue weighted by atomic mass is 16.6. The predicted molar refractivity (Wildman–Crippen MR) is 37.5 cm³/mol. The molecule has 0 amide bonds. The number of rotatable bonds is 2. The van der Waals surface area contributed by atoms with Crippen LogP contribution in [0.15, 0.2) is 15.5 Å². The summed E-state index contributed by atoms with van der Waals surface area (Å²) in [7, 11) is 0. The monoisotopic (exact) mass is 199 g/mol. The molecule has 0 bridgehead atoms. The Labute approximate surface area is 74.3 Å². The maximum atomic E-state index is 10.6. The first-order chi connectivity index (χ1) is 6.68. The highest BCUT2D eigenvalue weighted by Gasteiger charge is 2.28. The van der Waals surface area contributed by atoms with Gasteiger partial charge in [0.15, 0.2) is 6.20 Å². The van der Waals surface area contributed by atoms with Gasteiger partial charge in [-0.3, -0.25) is 14.6 Å². The van der Waals surface area contributed by atoms with Gasteiger partial charge in [-0.1, -0.05) is 5.10 Å². The lowest BCUT2D eigenvalue weighted by Crippen LogP contribution is -2.38. The van der Waals surface area contributed by atoms with Crippen LogP contribution in [0.5, 0.6) is 0 Å². The van der Waals surface area contributed by atoms with Gasteiger partial charge < -0.3 is 0 Å². The van der Waals surface area contributed by atoms with Crippen molar-refractivity contribution in [1.29, 1.82) is 0 Å². The second-order valence-corrected chi connectivity index (χ2v) is 2.24. The van der Waals surface area contributed by atoms with E-state index in [9.17, 15) is 14.9 Å². The SMILES string of the molecule is O=c1[nH][n+](-c2[nH]ncc2[N+](=O)[O-])no1. The molecule has 10 heteroatoms. The van der Waals surface area contributed by atoms with E-state index in [4.69, 9.17) is 0 Å². The summed E-state index contributed by atoms with van der Waals surface area (Å²) >= 11 is 0. The molecule has 14 heavy (non-hydrogen) atoms. The molecule has 2 aromatic rings. The molecule has 0 unspecified atom stereocenters. The van der Waals surface area contributed by atoms with Crippen molar-refractivity contribution in [3.63, 3.8) is 0 Å². The smallest absolute Gasteiger partial charge is 0.259 e. The quantitative estimate of drug-likeness (QED) is 0.335. The van der Waals surface area contributed by atoms with Crippen molar-refractivity contribution in [3.8, 4) is 5.82 Å². The van der Waals surface area contributed by atoms with Crippen molar-refractivity contribution in [2.45, 2.75) is 0 Å². The number of nitrogens with zero attached hydrogens (tertiary/aromatic N) is 4. The van der Waals surface area contributed by atoms with E-state index < -0.39 is 10.7 Å². The molecule has 0 radical (unpaired) electrons. The van der Waals surface area contributed by atoms with Crippen molar-refractivity contribution in [3.05, 3.63) is 26.9 Å². The van der Waals surface area contributed by atoms with Crippen LogP contribution in [0.2, 0.25) is 0 Å². The molecule has 0 aliphatic heterocycles. The molecule has 2 rings (SSSR count). The maximum Gasteiger partial charge on any atom is 0.473 e. The molecule has 0 fully saturated rings. The second-order valence-electron chi connectivity index (χ2n) is 2.24. The molecule has 0 aromatic carbocycles. The Morgan fingerprint density at radius 3 is 3.00 bits per heavy atom. The van der Waals surface area contributed by atoms with Gasteiger partial charge in [0.25, 0.3) is 0 Å². The van der Waals surface area contributed by atoms with Gasteiger partial charge in [-0.2, -0.15) is 0 Å². The molecular weight excluding hydrogens is 196 g/mol. The predicted octanol–water partition coefficient (Wildman–Crippen LogP) is -1.73. The lowest BCUT2D eigenvalue weighted by atomic mass is 10.5. The van der Waals surface area contributed by atoms with E-state index in [1.165, 1.54) is 0 Å². The van der Waals surface area contributed by atoms with E-state index in [2.05, 4.69) is 25.1 Å². The fourth-order valence-electron chi connectivity index (χ4n) is 0.864. The summed E-state index contributed by atoms with van der Waals surface area (Å²) in [5.74, 6) is -0.908. The van der Waals surface area contributed by atoms with Gasteiger partial charge >= 0.3 is 17.3 Å². The minimum atomic E-state index is -0.825. The van der Waals surface area contributed by atoms with Crippen molar-refractivity contribution >= 4 is 5.69 Å². The van der Waals surface area contributed by atoms with Crippen LogP contribution in [0.25, 0.3) is 5.82 Å². The molecule has 0 saturated heterocycles. The minimum Gasteiger partial charge on any atom is -0.259 e. The zero-order valence-electron chi connectivity index (χ0n) is 6.50. The van der Waals surface area contributed by atoms with Gasteiger partial charge in [0.1, 0.15) is 5.27 Å². The number of nitrogens with one attached hydrogen (secondary N) is 2. The summed E-state index contributed by atoms with van der Waals surface area (Å²) in [6.45, 7) is 0. The van der Waals surface area contributed by atoms with E-state index in [0.717, 1.165) is 11.0 Å². The molecule has 2 heterocycles. The first-order valence-corrected chi connectivity index (χ1v) is 3.35. The van der Waals surface area contributed by atoms with E-state index in [1.807, 2.05) is 0 Å². The Bertz CT molecular complexity index is 522. The van der Waals surface area contributed by atoms with Crippen LogP contribution in [0.4, 0.5) is 5.69 Å². The summed E-state index contributed by atoms with van der Waals surface area (Å²) in [6.07, 6.45) is 0.995. The number of hydrogen-bond donors (Lipinski definition) is 2. The molecule has 0 aliphatic rings. The van der Waals surface area contributed by atoms with Gasteiger partial charge in [-0.05, 0) is 0 Å². The number of aromatic nitrogens is 5. The zero-order valence-corrected chi connectivity index (χ0v) is 6.50. The summed E-state index contributed by atoms with van der Waals surface area (Å²) < 4.78 is 4.15. The third-order valence-corrected chi connectivity index (χ3v) is 1.41. The normalized spacial score (nSPS) is 10.3. The lowest BCUT2D eigenvalue weighted by Gasteiger charge is -1.82. The standard InChI is InChI=1S/C4H2N6O4/c11-4-7-9(8-14-4)3-2(10(12)13)1-5-6-3/h1H,(H-,5,6,7,8,11)/p+1. The Morgan fingerprint density at radius 1 is 1.64 bits per heavy atom. The molecule has 72 valence electrons. The van der Waals surface area contributed by atoms with Crippen LogP contribution >= 0.6 is 0 Å². The van der Waals surface area contributed by atoms with Crippen molar-refractivity contribution in [2.75, 3.05) is 0 Å². The number of nitro groups is 1. The summed E-state index contributed by atoms with van der Waals surface area (Å²) in [4.78, 5) is 21.1. The van der Waals surface area contributed by atoms with Crippen LogP contribution < -0.4 is 10.6 Å². The van der Waals surface area contributed by atoms with Crippen LogP contribution in [-0.2, 0) is 0 Å². The van der Waals surface area contributed by atoms with Gasteiger partial charge in [-0.15, -0.1) is 10.2 Å². The zero-order chi connectivity index (χ0) is 10.1. The number of H-pyrrole nitrogens is 2.